The van der Waals surface area contributed by atoms with Crippen molar-refractivity contribution in [1.82, 2.24) is 4.57 Å². The molecule has 0 bridgehead atoms. The van der Waals surface area contributed by atoms with Crippen LogP contribution in [0.4, 0.5) is 17.1 Å². The highest BCUT2D eigenvalue weighted by atomic mass is 32.1. The number of thiophene rings is 1. The second-order valence-corrected chi connectivity index (χ2v) is 15.2. The first kappa shape index (κ1) is 31.6. The first-order valence-electron chi connectivity index (χ1n) is 18.8. The maximum absolute atomic E-state index is 2.43. The van der Waals surface area contributed by atoms with Gasteiger partial charge in [-0.05, 0) is 93.7 Å². The van der Waals surface area contributed by atoms with Gasteiger partial charge in [0.25, 0.3) is 0 Å². The lowest BCUT2D eigenvalue weighted by Crippen LogP contribution is -2.10. The zero-order chi connectivity index (χ0) is 36.3. The highest BCUT2D eigenvalue weighted by Crippen LogP contribution is 2.46. The molecule has 11 rings (SSSR count). The average molecular weight is 719 g/mol. The molecule has 0 unspecified atom stereocenters. The van der Waals surface area contributed by atoms with Crippen LogP contribution in [-0.2, 0) is 0 Å². The van der Waals surface area contributed by atoms with Gasteiger partial charge in [0.2, 0.25) is 0 Å². The molecule has 0 saturated carbocycles. The van der Waals surface area contributed by atoms with Gasteiger partial charge in [0.1, 0.15) is 0 Å². The second kappa shape index (κ2) is 12.9. The van der Waals surface area contributed by atoms with Crippen LogP contribution in [0.25, 0.3) is 80.7 Å². The van der Waals surface area contributed by atoms with Crippen LogP contribution in [0.5, 0.6) is 0 Å². The number of para-hydroxylation sites is 2. The van der Waals surface area contributed by atoms with Crippen LogP contribution in [0.15, 0.2) is 206 Å². The lowest BCUT2D eigenvalue weighted by molar-refractivity contribution is 1.18. The van der Waals surface area contributed by atoms with E-state index in [4.69, 9.17) is 0 Å². The zero-order valence-electron chi connectivity index (χ0n) is 29.9. The SMILES string of the molecule is c1ccc(-c2ccc(N(c3ccc(-c4cccc5sc6c7ccccc7ccc6c45)cc3)c3cccc4c3c3ccccc3n4-c3ccccc3)cc2)cc1. The molecule has 0 spiro atoms. The van der Waals surface area contributed by atoms with Crippen molar-refractivity contribution >= 4 is 81.1 Å². The van der Waals surface area contributed by atoms with E-state index in [2.05, 4.69) is 216 Å². The molecule has 0 saturated heterocycles. The van der Waals surface area contributed by atoms with Crippen LogP contribution in [0.1, 0.15) is 0 Å². The number of rotatable bonds is 6. The third kappa shape index (κ3) is 5.16. The first-order chi connectivity index (χ1) is 27.3. The Balaban J connectivity index is 1.10. The second-order valence-electron chi connectivity index (χ2n) is 14.1. The van der Waals surface area contributed by atoms with Gasteiger partial charge in [-0.2, -0.15) is 0 Å². The van der Waals surface area contributed by atoms with Crippen molar-refractivity contribution in [2.45, 2.75) is 0 Å². The number of fused-ring (bicyclic) bond motifs is 8. The minimum absolute atomic E-state index is 1.11. The molecule has 0 aliphatic heterocycles. The first-order valence-corrected chi connectivity index (χ1v) is 19.6. The molecule has 55 heavy (non-hydrogen) atoms. The van der Waals surface area contributed by atoms with Gasteiger partial charge in [-0.25, -0.2) is 0 Å². The van der Waals surface area contributed by atoms with E-state index in [1.165, 1.54) is 75.0 Å². The van der Waals surface area contributed by atoms with Crippen molar-refractivity contribution in [1.29, 1.82) is 0 Å². The predicted octanol–water partition coefficient (Wildman–Crippen LogP) is 15.1. The van der Waals surface area contributed by atoms with E-state index in [9.17, 15) is 0 Å². The highest BCUT2D eigenvalue weighted by Gasteiger charge is 2.21. The Hall–Kier alpha value is -6.94. The summed E-state index contributed by atoms with van der Waals surface area (Å²) in [6.07, 6.45) is 0. The lowest BCUT2D eigenvalue weighted by Gasteiger charge is -2.27. The smallest absolute Gasteiger partial charge is 0.0562 e. The fourth-order valence-corrected chi connectivity index (χ4v) is 9.75. The molecule has 9 aromatic carbocycles. The molecule has 3 heteroatoms. The van der Waals surface area contributed by atoms with Crippen molar-refractivity contribution in [3.05, 3.63) is 206 Å². The summed E-state index contributed by atoms with van der Waals surface area (Å²) < 4.78 is 5.06. The van der Waals surface area contributed by atoms with E-state index >= 15 is 0 Å². The summed E-state index contributed by atoms with van der Waals surface area (Å²) in [5.41, 5.74) is 11.7. The number of hydrogen-bond acceptors (Lipinski definition) is 2. The van der Waals surface area contributed by atoms with Crippen LogP contribution >= 0.6 is 11.3 Å². The Morgan fingerprint density at radius 2 is 1.00 bits per heavy atom. The third-order valence-corrected chi connectivity index (χ3v) is 12.2. The fourth-order valence-electron chi connectivity index (χ4n) is 8.49. The summed E-state index contributed by atoms with van der Waals surface area (Å²) >= 11 is 1.89. The molecular weight excluding hydrogens is 685 g/mol. The number of hydrogen-bond donors (Lipinski definition) is 0. The normalized spacial score (nSPS) is 11.6. The summed E-state index contributed by atoms with van der Waals surface area (Å²) in [6, 6.07) is 75.0. The third-order valence-electron chi connectivity index (χ3n) is 11.0. The van der Waals surface area contributed by atoms with Gasteiger partial charge in [0.05, 0.1) is 16.7 Å². The van der Waals surface area contributed by atoms with E-state index in [0.717, 1.165) is 22.7 Å². The summed E-state index contributed by atoms with van der Waals surface area (Å²) in [5.74, 6) is 0. The van der Waals surface area contributed by atoms with Crippen molar-refractivity contribution in [2.24, 2.45) is 0 Å². The van der Waals surface area contributed by atoms with E-state index < -0.39 is 0 Å². The number of anilines is 3. The molecule has 0 atom stereocenters. The molecule has 0 fully saturated rings. The molecule has 2 nitrogen and oxygen atoms in total. The largest absolute Gasteiger partial charge is 0.310 e. The topological polar surface area (TPSA) is 8.17 Å². The van der Waals surface area contributed by atoms with E-state index in [-0.39, 0.29) is 0 Å². The maximum atomic E-state index is 2.43. The Labute approximate surface area is 323 Å². The molecule has 11 aromatic rings. The molecule has 0 radical (unpaired) electrons. The van der Waals surface area contributed by atoms with Gasteiger partial charge < -0.3 is 9.47 Å². The van der Waals surface area contributed by atoms with Crippen LogP contribution in [-0.4, -0.2) is 4.57 Å². The Morgan fingerprint density at radius 1 is 0.382 bits per heavy atom. The highest BCUT2D eigenvalue weighted by molar-refractivity contribution is 7.26. The van der Waals surface area contributed by atoms with Crippen LogP contribution in [0, 0.1) is 0 Å². The minimum Gasteiger partial charge on any atom is -0.310 e. The number of aromatic nitrogens is 1. The Morgan fingerprint density at radius 3 is 1.78 bits per heavy atom. The van der Waals surface area contributed by atoms with Crippen molar-refractivity contribution in [2.75, 3.05) is 4.90 Å². The van der Waals surface area contributed by atoms with Crippen molar-refractivity contribution in [3.63, 3.8) is 0 Å². The molecule has 258 valence electrons. The van der Waals surface area contributed by atoms with Gasteiger partial charge in [-0.15, -0.1) is 11.3 Å². The summed E-state index contributed by atoms with van der Waals surface area (Å²) in [5, 5.41) is 7.70. The monoisotopic (exact) mass is 718 g/mol. The quantitative estimate of drug-likeness (QED) is 0.166. The van der Waals surface area contributed by atoms with Crippen LogP contribution in [0.2, 0.25) is 0 Å². The number of benzene rings is 9. The molecular formula is C52H34N2S. The molecule has 0 N–H and O–H groups in total. The van der Waals surface area contributed by atoms with Gasteiger partial charge in [-0.1, -0.05) is 146 Å². The molecule has 2 aromatic heterocycles. The Kier molecular flexibility index (Phi) is 7.39. The molecule has 0 aliphatic carbocycles. The minimum atomic E-state index is 1.11. The van der Waals surface area contributed by atoms with E-state index in [0.29, 0.717) is 0 Å². The van der Waals surface area contributed by atoms with Gasteiger partial charge in [-0.3, -0.25) is 0 Å². The average Bonchev–Trinajstić information content (AvgIpc) is 3.82. The van der Waals surface area contributed by atoms with E-state index in [1.54, 1.807) is 0 Å². The predicted molar refractivity (Wildman–Crippen MR) is 237 cm³/mol. The summed E-state index contributed by atoms with van der Waals surface area (Å²) in [7, 11) is 0. The van der Waals surface area contributed by atoms with Crippen LogP contribution in [0.3, 0.4) is 0 Å². The van der Waals surface area contributed by atoms with Gasteiger partial charge >= 0.3 is 0 Å². The van der Waals surface area contributed by atoms with Crippen molar-refractivity contribution in [3.8, 4) is 27.9 Å². The van der Waals surface area contributed by atoms with E-state index in [1.807, 2.05) is 11.3 Å². The molecule has 0 amide bonds. The van der Waals surface area contributed by atoms with Gasteiger partial charge in [0, 0.05) is 48.0 Å². The van der Waals surface area contributed by atoms with Gasteiger partial charge in [0.15, 0.2) is 0 Å². The molecule has 2 heterocycles. The number of nitrogens with zero attached hydrogens (tertiary/aromatic N) is 2. The lowest BCUT2D eigenvalue weighted by atomic mass is 9.98. The van der Waals surface area contributed by atoms with Crippen LogP contribution < -0.4 is 4.90 Å². The summed E-state index contributed by atoms with van der Waals surface area (Å²) in [4.78, 5) is 2.43. The summed E-state index contributed by atoms with van der Waals surface area (Å²) in [6.45, 7) is 0. The van der Waals surface area contributed by atoms with Crippen molar-refractivity contribution < 1.29 is 0 Å². The molecule has 0 aliphatic rings. The fraction of sp³-hybridized carbons (Fsp3) is 0. The zero-order valence-corrected chi connectivity index (χ0v) is 30.7. The standard InChI is InChI=1S/C52H34N2S/c1-3-13-35(14-4-1)36-25-30-40(31-26-36)53(47-22-12-23-48-51(47)44-19-9-10-21-46(44)54(48)39-16-5-2-6-17-39)41-32-27-38(28-33-41)42-20-11-24-49-50(42)45-34-29-37-15-7-8-18-43(37)52(45)55-49/h1-34H. The maximum Gasteiger partial charge on any atom is 0.0562 e. The Bertz CT molecular complexity index is 3180.